The summed E-state index contributed by atoms with van der Waals surface area (Å²) in [4.78, 5) is 30.0. The van der Waals surface area contributed by atoms with Crippen LogP contribution in [0.2, 0.25) is 0 Å². The molecule has 1 amide bonds. The normalized spacial score (nSPS) is 15.1. The molecule has 32 heavy (non-hydrogen) atoms. The largest absolute Gasteiger partial charge is 0.497 e. The molecular formula is C23H22FN3O4S. The highest BCUT2D eigenvalue weighted by molar-refractivity contribution is 7.98. The monoisotopic (exact) mass is 455 g/mol. The van der Waals surface area contributed by atoms with Gasteiger partial charge < -0.3 is 19.4 Å². The first kappa shape index (κ1) is 21.9. The van der Waals surface area contributed by atoms with E-state index in [9.17, 15) is 14.0 Å². The molecule has 0 saturated heterocycles. The minimum Gasteiger partial charge on any atom is -0.497 e. The molecule has 3 aromatic rings. The van der Waals surface area contributed by atoms with Gasteiger partial charge in [0.15, 0.2) is 5.16 Å². The highest BCUT2D eigenvalue weighted by Gasteiger charge is 2.34. The summed E-state index contributed by atoms with van der Waals surface area (Å²) < 4.78 is 25.7. The van der Waals surface area contributed by atoms with Crippen molar-refractivity contribution in [3.63, 3.8) is 0 Å². The molecular weight excluding hydrogens is 433 g/mol. The van der Waals surface area contributed by atoms with E-state index in [4.69, 9.17) is 9.47 Å². The fraction of sp³-hybridized carbons (Fsp3) is 0.261. The molecule has 0 aliphatic carbocycles. The van der Waals surface area contributed by atoms with E-state index in [1.165, 1.54) is 23.9 Å². The summed E-state index contributed by atoms with van der Waals surface area (Å²) in [7, 11) is 4.85. The van der Waals surface area contributed by atoms with Gasteiger partial charge in [-0.3, -0.25) is 9.59 Å². The van der Waals surface area contributed by atoms with E-state index in [1.54, 1.807) is 56.2 Å². The number of carbonyl (C=O) groups excluding carboxylic acids is 1. The van der Waals surface area contributed by atoms with Gasteiger partial charge in [-0.25, -0.2) is 4.39 Å². The molecule has 0 spiro atoms. The quantitative estimate of drug-likeness (QED) is 0.451. The molecule has 1 aromatic heterocycles. The van der Waals surface area contributed by atoms with Crippen LogP contribution in [0.3, 0.4) is 0 Å². The number of anilines is 1. The fourth-order valence-electron chi connectivity index (χ4n) is 3.77. The molecule has 166 valence electrons. The number of aromatic nitrogens is 2. The number of benzene rings is 2. The first-order chi connectivity index (χ1) is 15.4. The van der Waals surface area contributed by atoms with Crippen molar-refractivity contribution in [3.8, 4) is 11.5 Å². The van der Waals surface area contributed by atoms with Gasteiger partial charge in [-0.2, -0.15) is 4.98 Å². The number of thioether (sulfide) groups is 1. The van der Waals surface area contributed by atoms with Crippen LogP contribution < -0.4 is 20.3 Å². The van der Waals surface area contributed by atoms with Gasteiger partial charge in [0.1, 0.15) is 23.1 Å². The first-order valence-corrected chi connectivity index (χ1v) is 10.9. The molecule has 0 radical (unpaired) electrons. The molecule has 0 bridgehead atoms. The molecule has 7 nitrogen and oxygen atoms in total. The molecule has 4 rings (SSSR count). The van der Waals surface area contributed by atoms with Gasteiger partial charge in [0.05, 0.1) is 19.8 Å². The van der Waals surface area contributed by atoms with Crippen molar-refractivity contribution in [3.05, 3.63) is 75.3 Å². The molecule has 2 heterocycles. The summed E-state index contributed by atoms with van der Waals surface area (Å²) in [6.07, 6.45) is 0.0928. The van der Waals surface area contributed by atoms with Gasteiger partial charge in [-0.1, -0.05) is 23.9 Å². The number of fused-ring (bicyclic) bond motifs is 1. The van der Waals surface area contributed by atoms with E-state index in [1.807, 2.05) is 0 Å². The predicted octanol–water partition coefficient (Wildman–Crippen LogP) is 3.70. The molecule has 0 saturated carbocycles. The average Bonchev–Trinajstić information content (AvgIpc) is 2.80. The first-order valence-electron chi connectivity index (χ1n) is 9.91. The number of nitrogens with one attached hydrogen (secondary N) is 1. The lowest BCUT2D eigenvalue weighted by Gasteiger charge is -2.28. The highest BCUT2D eigenvalue weighted by Crippen LogP contribution is 2.41. The Bertz CT molecular complexity index is 1230. The summed E-state index contributed by atoms with van der Waals surface area (Å²) in [6.45, 7) is 0. The Morgan fingerprint density at radius 3 is 2.59 bits per heavy atom. The fourth-order valence-corrected chi connectivity index (χ4v) is 4.69. The third-order valence-electron chi connectivity index (χ3n) is 5.39. The van der Waals surface area contributed by atoms with Crippen molar-refractivity contribution in [1.82, 2.24) is 9.55 Å². The molecule has 0 fully saturated rings. The van der Waals surface area contributed by atoms with Gasteiger partial charge >= 0.3 is 0 Å². The van der Waals surface area contributed by atoms with Crippen molar-refractivity contribution in [2.75, 3.05) is 19.5 Å². The lowest BCUT2D eigenvalue weighted by Crippen LogP contribution is -2.33. The van der Waals surface area contributed by atoms with Crippen LogP contribution in [0.25, 0.3) is 0 Å². The standard InChI is InChI=1S/C23H22FN3O4S/c1-27-21-20(22(29)26-23(27)32-12-13-4-6-14(24)7-5-13)17(11-19(28)25-21)16-10-15(30-2)8-9-18(16)31-3/h4-10,17H,11-12H2,1-3H3,(H,25,28). The number of halogens is 1. The Balaban J connectivity index is 1.75. The zero-order chi connectivity index (χ0) is 22.8. The lowest BCUT2D eigenvalue weighted by atomic mass is 9.86. The van der Waals surface area contributed by atoms with E-state index in [2.05, 4.69) is 10.3 Å². The summed E-state index contributed by atoms with van der Waals surface area (Å²) >= 11 is 1.34. The van der Waals surface area contributed by atoms with Crippen molar-refractivity contribution in [2.45, 2.75) is 23.2 Å². The molecule has 1 unspecified atom stereocenters. The van der Waals surface area contributed by atoms with Crippen LogP contribution in [0.15, 0.2) is 52.4 Å². The SMILES string of the molecule is COc1ccc(OC)c(C2CC(=O)Nc3c2c(=O)nc(SCc2ccc(F)cc2)n3C)c1. The minimum absolute atomic E-state index is 0.0928. The van der Waals surface area contributed by atoms with Crippen LogP contribution in [0, 0.1) is 5.82 Å². The van der Waals surface area contributed by atoms with Crippen LogP contribution in [-0.4, -0.2) is 29.7 Å². The van der Waals surface area contributed by atoms with Gasteiger partial charge in [-0.05, 0) is 35.9 Å². The van der Waals surface area contributed by atoms with E-state index >= 15 is 0 Å². The smallest absolute Gasteiger partial charge is 0.279 e. The summed E-state index contributed by atoms with van der Waals surface area (Å²) in [5.74, 6) is 1.05. The highest BCUT2D eigenvalue weighted by atomic mass is 32.2. The van der Waals surface area contributed by atoms with Crippen molar-refractivity contribution >= 4 is 23.5 Å². The topological polar surface area (TPSA) is 82.4 Å². The predicted molar refractivity (Wildman–Crippen MR) is 120 cm³/mol. The van der Waals surface area contributed by atoms with Crippen LogP contribution >= 0.6 is 11.8 Å². The summed E-state index contributed by atoms with van der Waals surface area (Å²) in [6, 6.07) is 11.5. The van der Waals surface area contributed by atoms with Crippen LogP contribution in [-0.2, 0) is 17.6 Å². The number of hydrogen-bond donors (Lipinski definition) is 1. The number of methoxy groups -OCH3 is 2. The number of nitrogens with zero attached hydrogens (tertiary/aromatic N) is 2. The number of rotatable bonds is 6. The third-order valence-corrected chi connectivity index (χ3v) is 6.50. The Morgan fingerprint density at radius 1 is 1.16 bits per heavy atom. The second kappa shape index (κ2) is 9.04. The second-order valence-electron chi connectivity index (χ2n) is 7.35. The van der Waals surface area contributed by atoms with Crippen molar-refractivity contribution in [2.24, 2.45) is 7.05 Å². The molecule has 1 aliphatic heterocycles. The van der Waals surface area contributed by atoms with E-state index in [-0.39, 0.29) is 18.1 Å². The Hall–Kier alpha value is -3.33. The molecule has 1 atom stereocenters. The van der Waals surface area contributed by atoms with E-state index in [0.29, 0.717) is 39.4 Å². The summed E-state index contributed by atoms with van der Waals surface area (Å²) in [5, 5.41) is 3.29. The number of ether oxygens (including phenoxy) is 2. The number of carbonyl (C=O) groups is 1. The second-order valence-corrected chi connectivity index (χ2v) is 8.29. The maximum absolute atomic E-state index is 13.1. The van der Waals surface area contributed by atoms with Crippen molar-refractivity contribution in [1.29, 1.82) is 0 Å². The van der Waals surface area contributed by atoms with Crippen LogP contribution in [0.5, 0.6) is 11.5 Å². The maximum Gasteiger partial charge on any atom is 0.279 e. The van der Waals surface area contributed by atoms with Gasteiger partial charge in [0, 0.05) is 30.7 Å². The molecule has 2 aromatic carbocycles. The maximum atomic E-state index is 13.1. The molecule has 1 aliphatic rings. The van der Waals surface area contributed by atoms with Crippen LogP contribution in [0.4, 0.5) is 10.2 Å². The van der Waals surface area contributed by atoms with Crippen LogP contribution in [0.1, 0.15) is 29.0 Å². The Kier molecular flexibility index (Phi) is 6.18. The minimum atomic E-state index is -0.522. The number of amides is 1. The zero-order valence-electron chi connectivity index (χ0n) is 17.8. The molecule has 1 N–H and O–H groups in total. The Morgan fingerprint density at radius 2 is 1.91 bits per heavy atom. The Labute approximate surface area is 188 Å². The van der Waals surface area contributed by atoms with E-state index in [0.717, 1.165) is 5.56 Å². The molecule has 9 heteroatoms. The number of hydrogen-bond acceptors (Lipinski definition) is 6. The third kappa shape index (κ3) is 4.20. The van der Waals surface area contributed by atoms with Gasteiger partial charge in [-0.15, -0.1) is 0 Å². The van der Waals surface area contributed by atoms with Gasteiger partial charge in [0.2, 0.25) is 5.91 Å². The van der Waals surface area contributed by atoms with Crippen molar-refractivity contribution < 1.29 is 18.7 Å². The zero-order valence-corrected chi connectivity index (χ0v) is 18.7. The van der Waals surface area contributed by atoms with E-state index < -0.39 is 11.5 Å². The van der Waals surface area contributed by atoms with Gasteiger partial charge in [0.25, 0.3) is 5.56 Å². The summed E-state index contributed by atoms with van der Waals surface area (Å²) in [5.41, 5.74) is 1.58. The lowest BCUT2D eigenvalue weighted by molar-refractivity contribution is -0.116. The average molecular weight is 456 g/mol.